The first-order chi connectivity index (χ1) is 7.98. The smallest absolute Gasteiger partial charge is 0.353 e. The van der Waals surface area contributed by atoms with Crippen LogP contribution in [0.3, 0.4) is 0 Å². The van der Waals surface area contributed by atoms with Gasteiger partial charge >= 0.3 is 6.18 Å². The van der Waals surface area contributed by atoms with Crippen LogP contribution in [-0.2, 0) is 6.18 Å². The molecular weight excluding hydrogens is 231 g/mol. The molecule has 0 bridgehead atoms. The number of piperazine rings is 1. The minimum atomic E-state index is -4.35. The molecular formula is C11H14F3N3. The van der Waals surface area contributed by atoms with E-state index in [0.717, 1.165) is 6.07 Å². The fourth-order valence-electron chi connectivity index (χ4n) is 1.99. The van der Waals surface area contributed by atoms with Gasteiger partial charge in [0.15, 0.2) is 0 Å². The molecule has 0 saturated carbocycles. The van der Waals surface area contributed by atoms with Gasteiger partial charge in [0.05, 0.1) is 5.56 Å². The van der Waals surface area contributed by atoms with Gasteiger partial charge in [-0.05, 0) is 19.1 Å². The second-order valence-corrected chi connectivity index (χ2v) is 4.17. The summed E-state index contributed by atoms with van der Waals surface area (Å²) < 4.78 is 38.5. The van der Waals surface area contributed by atoms with Gasteiger partial charge in [-0.3, -0.25) is 0 Å². The van der Waals surface area contributed by atoms with E-state index in [4.69, 9.17) is 0 Å². The van der Waals surface area contributed by atoms with E-state index in [1.807, 2.05) is 6.92 Å². The van der Waals surface area contributed by atoms with Gasteiger partial charge in [-0.25, -0.2) is 4.98 Å². The zero-order valence-electron chi connectivity index (χ0n) is 9.46. The third kappa shape index (κ3) is 2.69. The average Bonchev–Trinajstić information content (AvgIpc) is 2.28. The Morgan fingerprint density at radius 1 is 1.47 bits per heavy atom. The Hall–Kier alpha value is -1.30. The summed E-state index contributed by atoms with van der Waals surface area (Å²) in [6, 6.07) is 2.57. The summed E-state index contributed by atoms with van der Waals surface area (Å²) in [5.74, 6) is 0.0355. The molecule has 2 heterocycles. The van der Waals surface area contributed by atoms with Gasteiger partial charge in [0, 0.05) is 31.9 Å². The van der Waals surface area contributed by atoms with Crippen molar-refractivity contribution in [1.82, 2.24) is 10.3 Å². The predicted octanol–water partition coefficient (Wildman–Crippen LogP) is 1.90. The molecule has 0 radical (unpaired) electrons. The van der Waals surface area contributed by atoms with Crippen molar-refractivity contribution in [3.8, 4) is 0 Å². The highest BCUT2D eigenvalue weighted by molar-refractivity contribution is 5.48. The van der Waals surface area contributed by atoms with Gasteiger partial charge in [-0.2, -0.15) is 13.2 Å². The Bertz CT molecular complexity index is 392. The van der Waals surface area contributed by atoms with Crippen LogP contribution in [0.4, 0.5) is 19.0 Å². The Morgan fingerprint density at radius 2 is 2.24 bits per heavy atom. The number of pyridine rings is 1. The lowest BCUT2D eigenvalue weighted by Crippen LogP contribution is -2.50. The number of nitrogens with one attached hydrogen (secondary N) is 1. The molecule has 1 fully saturated rings. The first kappa shape index (κ1) is 12.2. The van der Waals surface area contributed by atoms with Crippen LogP contribution in [0, 0.1) is 0 Å². The summed E-state index contributed by atoms with van der Waals surface area (Å²) in [5.41, 5.74) is -0.658. The summed E-state index contributed by atoms with van der Waals surface area (Å²) >= 11 is 0. The minimum absolute atomic E-state index is 0.0355. The molecule has 6 heteroatoms. The number of hydrogen-bond donors (Lipinski definition) is 1. The fraction of sp³-hybridized carbons (Fsp3) is 0.545. The van der Waals surface area contributed by atoms with Crippen molar-refractivity contribution < 1.29 is 13.2 Å². The predicted molar refractivity (Wildman–Crippen MR) is 58.9 cm³/mol. The Balaban J connectivity index is 2.31. The fourth-order valence-corrected chi connectivity index (χ4v) is 1.99. The topological polar surface area (TPSA) is 28.2 Å². The van der Waals surface area contributed by atoms with E-state index in [9.17, 15) is 13.2 Å². The second-order valence-electron chi connectivity index (χ2n) is 4.17. The highest BCUT2D eigenvalue weighted by Crippen LogP contribution is 2.35. The van der Waals surface area contributed by atoms with E-state index in [0.29, 0.717) is 19.6 Å². The van der Waals surface area contributed by atoms with Crippen LogP contribution in [0.25, 0.3) is 0 Å². The van der Waals surface area contributed by atoms with Gasteiger partial charge in [-0.1, -0.05) is 0 Å². The van der Waals surface area contributed by atoms with Crippen LogP contribution in [0.1, 0.15) is 12.5 Å². The highest BCUT2D eigenvalue weighted by atomic mass is 19.4. The average molecular weight is 245 g/mol. The van der Waals surface area contributed by atoms with Crippen LogP contribution in [0.5, 0.6) is 0 Å². The van der Waals surface area contributed by atoms with Crippen molar-refractivity contribution in [3.05, 3.63) is 23.9 Å². The summed E-state index contributed by atoms with van der Waals surface area (Å²) in [4.78, 5) is 5.57. The zero-order valence-corrected chi connectivity index (χ0v) is 9.46. The third-order valence-electron chi connectivity index (χ3n) is 2.76. The number of hydrogen-bond acceptors (Lipinski definition) is 3. The molecule has 1 saturated heterocycles. The van der Waals surface area contributed by atoms with E-state index in [1.165, 1.54) is 12.3 Å². The number of nitrogens with zero attached hydrogens (tertiary/aromatic N) is 2. The maximum atomic E-state index is 12.8. The van der Waals surface area contributed by atoms with Crippen LogP contribution >= 0.6 is 0 Å². The summed E-state index contributed by atoms with van der Waals surface area (Å²) in [5, 5.41) is 3.19. The van der Waals surface area contributed by atoms with Crippen molar-refractivity contribution in [3.63, 3.8) is 0 Å². The van der Waals surface area contributed by atoms with Gasteiger partial charge in [0.1, 0.15) is 5.82 Å². The molecule has 2 rings (SSSR count). The van der Waals surface area contributed by atoms with Gasteiger partial charge in [0.25, 0.3) is 0 Å². The number of halogens is 3. The van der Waals surface area contributed by atoms with Crippen molar-refractivity contribution in [2.24, 2.45) is 0 Å². The summed E-state index contributed by atoms with van der Waals surface area (Å²) in [6.07, 6.45) is -2.95. The van der Waals surface area contributed by atoms with Crippen LogP contribution in [0.15, 0.2) is 18.3 Å². The quantitative estimate of drug-likeness (QED) is 0.819. The molecule has 1 N–H and O–H groups in total. The van der Waals surface area contributed by atoms with E-state index < -0.39 is 11.7 Å². The Labute approximate surface area is 97.6 Å². The molecule has 94 valence electrons. The van der Waals surface area contributed by atoms with Crippen molar-refractivity contribution in [2.45, 2.75) is 19.1 Å². The van der Waals surface area contributed by atoms with Crippen molar-refractivity contribution >= 4 is 5.82 Å². The molecule has 1 aliphatic heterocycles. The Morgan fingerprint density at radius 3 is 2.88 bits per heavy atom. The lowest BCUT2D eigenvalue weighted by Gasteiger charge is -2.34. The Kier molecular flexibility index (Phi) is 3.24. The molecule has 3 nitrogen and oxygen atoms in total. The number of anilines is 1. The lowest BCUT2D eigenvalue weighted by atomic mass is 10.2. The molecule has 0 amide bonds. The van der Waals surface area contributed by atoms with Gasteiger partial charge in [-0.15, -0.1) is 0 Å². The first-order valence-corrected chi connectivity index (χ1v) is 5.49. The molecule has 1 aliphatic rings. The number of rotatable bonds is 1. The van der Waals surface area contributed by atoms with Crippen molar-refractivity contribution in [1.29, 1.82) is 0 Å². The monoisotopic (exact) mass is 245 g/mol. The maximum Gasteiger partial charge on any atom is 0.419 e. The number of alkyl halides is 3. The largest absolute Gasteiger partial charge is 0.419 e. The molecule has 1 aromatic rings. The summed E-state index contributed by atoms with van der Waals surface area (Å²) in [7, 11) is 0. The lowest BCUT2D eigenvalue weighted by molar-refractivity contribution is -0.137. The van der Waals surface area contributed by atoms with E-state index >= 15 is 0 Å². The van der Waals surface area contributed by atoms with Crippen LogP contribution in [-0.4, -0.2) is 30.7 Å². The SMILES string of the molecule is CC1CN(c2ncccc2C(F)(F)F)CCN1. The molecule has 0 aromatic carbocycles. The van der Waals surface area contributed by atoms with Crippen LogP contribution in [0.2, 0.25) is 0 Å². The maximum absolute atomic E-state index is 12.8. The standard InChI is InChI=1S/C11H14F3N3/c1-8-7-17(6-5-15-8)10-9(11(12,13)14)3-2-4-16-10/h2-4,8,15H,5-7H2,1H3. The molecule has 1 unspecified atom stereocenters. The molecule has 17 heavy (non-hydrogen) atoms. The minimum Gasteiger partial charge on any atom is -0.353 e. The third-order valence-corrected chi connectivity index (χ3v) is 2.76. The molecule has 0 aliphatic carbocycles. The molecule has 0 spiro atoms. The van der Waals surface area contributed by atoms with Crippen molar-refractivity contribution in [2.75, 3.05) is 24.5 Å². The first-order valence-electron chi connectivity index (χ1n) is 5.49. The number of aromatic nitrogens is 1. The normalized spacial score (nSPS) is 21.6. The summed E-state index contributed by atoms with van der Waals surface area (Å²) in [6.45, 7) is 3.71. The zero-order chi connectivity index (χ0) is 12.5. The van der Waals surface area contributed by atoms with E-state index in [2.05, 4.69) is 10.3 Å². The van der Waals surface area contributed by atoms with E-state index in [-0.39, 0.29) is 11.9 Å². The van der Waals surface area contributed by atoms with Gasteiger partial charge in [0.2, 0.25) is 0 Å². The highest BCUT2D eigenvalue weighted by Gasteiger charge is 2.36. The van der Waals surface area contributed by atoms with Gasteiger partial charge < -0.3 is 10.2 Å². The molecule has 1 atom stereocenters. The van der Waals surface area contributed by atoms with E-state index in [1.54, 1.807) is 4.90 Å². The van der Waals surface area contributed by atoms with Crippen LogP contribution < -0.4 is 10.2 Å². The molecule has 1 aromatic heterocycles. The second kappa shape index (κ2) is 4.52.